The summed E-state index contributed by atoms with van der Waals surface area (Å²) >= 11 is 0. The van der Waals surface area contributed by atoms with E-state index >= 15 is 0 Å². The first kappa shape index (κ1) is 16.2. The van der Waals surface area contributed by atoms with Gasteiger partial charge in [0.15, 0.2) is 0 Å². The normalized spacial score (nSPS) is 25.6. The number of benzene rings is 1. The molecule has 126 valence electrons. The Labute approximate surface area is 137 Å². The van der Waals surface area contributed by atoms with Crippen LogP contribution in [0.2, 0.25) is 0 Å². The van der Waals surface area contributed by atoms with Gasteiger partial charge in [0.1, 0.15) is 5.82 Å². The number of hydrogen-bond acceptors (Lipinski definition) is 3. The van der Waals surface area contributed by atoms with Crippen LogP contribution in [0.3, 0.4) is 0 Å². The highest BCUT2D eigenvalue weighted by molar-refractivity contribution is 5.80. The third kappa shape index (κ3) is 3.50. The summed E-state index contributed by atoms with van der Waals surface area (Å²) in [6, 6.07) is 6.96. The molecule has 3 rings (SSSR count). The minimum Gasteiger partial charge on any atom is -0.371 e. The number of carbonyl (C=O) groups excluding carboxylic acids is 1. The van der Waals surface area contributed by atoms with Crippen molar-refractivity contribution in [1.82, 2.24) is 4.90 Å². The number of nitrogens with two attached hydrogens (primary N) is 1. The summed E-state index contributed by atoms with van der Waals surface area (Å²) in [6.45, 7) is 1.79. The SMILES string of the molecule is CN(C(=O)[C@H]1CCC[C@@H]1N)C1CCN(c2ccc(F)cc2)CC1. The van der Waals surface area contributed by atoms with E-state index in [1.165, 1.54) is 12.1 Å². The fourth-order valence-electron chi connectivity index (χ4n) is 3.90. The smallest absolute Gasteiger partial charge is 0.227 e. The average Bonchev–Trinajstić information content (AvgIpc) is 3.00. The zero-order chi connectivity index (χ0) is 16.4. The quantitative estimate of drug-likeness (QED) is 0.930. The maximum absolute atomic E-state index is 13.0. The summed E-state index contributed by atoms with van der Waals surface area (Å²) < 4.78 is 13.0. The summed E-state index contributed by atoms with van der Waals surface area (Å²) in [6.07, 6.45) is 4.85. The van der Waals surface area contributed by atoms with Crippen molar-refractivity contribution in [3.63, 3.8) is 0 Å². The molecule has 0 unspecified atom stereocenters. The van der Waals surface area contributed by atoms with Crippen molar-refractivity contribution in [1.29, 1.82) is 0 Å². The Morgan fingerprint density at radius 2 is 1.83 bits per heavy atom. The molecule has 4 nitrogen and oxygen atoms in total. The monoisotopic (exact) mass is 319 g/mol. The molecule has 2 aliphatic rings. The highest BCUT2D eigenvalue weighted by Crippen LogP contribution is 2.28. The summed E-state index contributed by atoms with van der Waals surface area (Å²) in [5.41, 5.74) is 7.12. The molecule has 23 heavy (non-hydrogen) atoms. The van der Waals surface area contributed by atoms with Crippen molar-refractivity contribution < 1.29 is 9.18 Å². The predicted molar refractivity (Wildman–Crippen MR) is 89.7 cm³/mol. The molecule has 0 aromatic heterocycles. The van der Waals surface area contributed by atoms with Crippen molar-refractivity contribution >= 4 is 11.6 Å². The number of carbonyl (C=O) groups is 1. The lowest BCUT2D eigenvalue weighted by atomic mass is 9.98. The van der Waals surface area contributed by atoms with Crippen molar-refractivity contribution in [2.75, 3.05) is 25.0 Å². The summed E-state index contributed by atoms with van der Waals surface area (Å²) in [4.78, 5) is 16.8. The summed E-state index contributed by atoms with van der Waals surface area (Å²) in [5, 5.41) is 0. The first-order chi connectivity index (χ1) is 11.1. The minimum absolute atomic E-state index is 0.00938. The molecular formula is C18H26FN3O. The highest BCUT2D eigenvalue weighted by Gasteiger charge is 2.35. The predicted octanol–water partition coefficient (Wildman–Crippen LogP) is 2.38. The van der Waals surface area contributed by atoms with E-state index in [1.54, 1.807) is 0 Å². The van der Waals surface area contributed by atoms with Gasteiger partial charge in [-0.05, 0) is 49.9 Å². The van der Waals surface area contributed by atoms with E-state index < -0.39 is 0 Å². The van der Waals surface area contributed by atoms with Gasteiger partial charge in [0.05, 0.1) is 5.92 Å². The molecular weight excluding hydrogens is 293 g/mol. The van der Waals surface area contributed by atoms with Gasteiger partial charge in [-0.25, -0.2) is 4.39 Å². The molecule has 1 saturated carbocycles. The number of nitrogens with zero attached hydrogens (tertiary/aromatic N) is 2. The molecule has 2 N–H and O–H groups in total. The van der Waals surface area contributed by atoms with E-state index in [4.69, 9.17) is 5.73 Å². The van der Waals surface area contributed by atoms with Gasteiger partial charge >= 0.3 is 0 Å². The Morgan fingerprint density at radius 1 is 1.17 bits per heavy atom. The van der Waals surface area contributed by atoms with Gasteiger partial charge in [-0.1, -0.05) is 6.42 Å². The number of anilines is 1. The number of amides is 1. The van der Waals surface area contributed by atoms with Crippen LogP contribution >= 0.6 is 0 Å². The lowest BCUT2D eigenvalue weighted by Crippen LogP contribution is -2.49. The second-order valence-electron chi connectivity index (χ2n) is 6.85. The van der Waals surface area contributed by atoms with Crippen LogP contribution in [0.25, 0.3) is 0 Å². The van der Waals surface area contributed by atoms with Crippen molar-refractivity contribution in [3.8, 4) is 0 Å². The summed E-state index contributed by atoms with van der Waals surface area (Å²) in [5.74, 6) is 0.0206. The Hall–Kier alpha value is -1.62. The minimum atomic E-state index is -0.207. The van der Waals surface area contributed by atoms with Crippen molar-refractivity contribution in [2.24, 2.45) is 11.7 Å². The molecule has 1 aromatic carbocycles. The molecule has 1 aliphatic carbocycles. The number of rotatable bonds is 3. The first-order valence-electron chi connectivity index (χ1n) is 8.59. The molecule has 0 radical (unpaired) electrons. The van der Waals surface area contributed by atoms with Gasteiger partial charge in [0.2, 0.25) is 5.91 Å². The molecule has 0 spiro atoms. The molecule has 0 bridgehead atoms. The topological polar surface area (TPSA) is 49.6 Å². The van der Waals surface area contributed by atoms with Crippen LogP contribution in [0.1, 0.15) is 32.1 Å². The largest absolute Gasteiger partial charge is 0.371 e. The van der Waals surface area contributed by atoms with Gasteiger partial charge in [-0.3, -0.25) is 4.79 Å². The Kier molecular flexibility index (Phi) is 4.85. The van der Waals surface area contributed by atoms with E-state index in [0.717, 1.165) is 50.9 Å². The molecule has 1 aromatic rings. The summed E-state index contributed by atoms with van der Waals surface area (Å²) in [7, 11) is 1.92. The van der Waals surface area contributed by atoms with Crippen LogP contribution in [0, 0.1) is 11.7 Å². The molecule has 1 amide bonds. The average molecular weight is 319 g/mol. The lowest BCUT2D eigenvalue weighted by Gasteiger charge is -2.39. The molecule has 1 saturated heterocycles. The van der Waals surface area contributed by atoms with Gasteiger partial charge < -0.3 is 15.5 Å². The lowest BCUT2D eigenvalue weighted by molar-refractivity contribution is -0.136. The second-order valence-corrected chi connectivity index (χ2v) is 6.85. The standard InChI is InChI=1S/C18H26FN3O/c1-21(18(23)16-3-2-4-17(16)20)14-9-11-22(12-10-14)15-7-5-13(19)6-8-15/h5-8,14,16-17H,2-4,9-12,20H2,1H3/t16-,17-/m0/s1. The Balaban J connectivity index is 1.55. The zero-order valence-electron chi connectivity index (χ0n) is 13.7. The van der Waals surface area contributed by atoms with Crippen LogP contribution in [0.4, 0.5) is 10.1 Å². The highest BCUT2D eigenvalue weighted by atomic mass is 19.1. The fraction of sp³-hybridized carbons (Fsp3) is 0.611. The van der Waals surface area contributed by atoms with Crippen molar-refractivity contribution in [2.45, 2.75) is 44.2 Å². The van der Waals surface area contributed by atoms with E-state index in [0.29, 0.717) is 0 Å². The van der Waals surface area contributed by atoms with Crippen LogP contribution in [0.15, 0.2) is 24.3 Å². The van der Waals surface area contributed by atoms with Gasteiger partial charge in [-0.2, -0.15) is 0 Å². The third-order valence-electron chi connectivity index (χ3n) is 5.44. The van der Waals surface area contributed by atoms with E-state index in [-0.39, 0.29) is 29.7 Å². The van der Waals surface area contributed by atoms with E-state index in [9.17, 15) is 9.18 Å². The fourth-order valence-corrected chi connectivity index (χ4v) is 3.90. The van der Waals surface area contributed by atoms with Gasteiger partial charge in [0.25, 0.3) is 0 Å². The molecule has 2 fully saturated rings. The first-order valence-corrected chi connectivity index (χ1v) is 8.59. The van der Waals surface area contributed by atoms with Gasteiger partial charge in [-0.15, -0.1) is 0 Å². The second kappa shape index (κ2) is 6.87. The maximum atomic E-state index is 13.0. The van der Waals surface area contributed by atoms with Gasteiger partial charge in [0, 0.05) is 37.9 Å². The van der Waals surface area contributed by atoms with Crippen LogP contribution in [-0.4, -0.2) is 43.0 Å². The van der Waals surface area contributed by atoms with E-state index in [1.807, 2.05) is 24.1 Å². The number of halogens is 1. The molecule has 5 heteroatoms. The van der Waals surface area contributed by atoms with Crippen LogP contribution in [0.5, 0.6) is 0 Å². The Bertz CT molecular complexity index is 540. The van der Waals surface area contributed by atoms with Crippen LogP contribution < -0.4 is 10.6 Å². The van der Waals surface area contributed by atoms with Crippen LogP contribution in [-0.2, 0) is 4.79 Å². The number of hydrogen-bond donors (Lipinski definition) is 1. The molecule has 1 heterocycles. The third-order valence-corrected chi connectivity index (χ3v) is 5.44. The molecule has 2 atom stereocenters. The molecule has 1 aliphatic heterocycles. The maximum Gasteiger partial charge on any atom is 0.227 e. The van der Waals surface area contributed by atoms with E-state index in [2.05, 4.69) is 4.90 Å². The number of piperidine rings is 1. The Morgan fingerprint density at radius 3 is 2.39 bits per heavy atom. The zero-order valence-corrected chi connectivity index (χ0v) is 13.7. The van der Waals surface area contributed by atoms with Crippen molar-refractivity contribution in [3.05, 3.63) is 30.1 Å².